The summed E-state index contributed by atoms with van der Waals surface area (Å²) in [4.78, 5) is 0. The molecular weight excluding hydrogens is 231 g/mol. The van der Waals surface area contributed by atoms with Crippen molar-refractivity contribution in [3.63, 3.8) is 0 Å². The zero-order chi connectivity index (χ0) is 11.6. The van der Waals surface area contributed by atoms with Crippen LogP contribution in [0.2, 0.25) is 0 Å². The van der Waals surface area contributed by atoms with Gasteiger partial charge in [-0.1, -0.05) is 12.1 Å². The molecule has 1 aromatic carbocycles. The number of benzene rings is 1. The molecule has 1 fully saturated rings. The van der Waals surface area contributed by atoms with E-state index in [1.54, 1.807) is 12.1 Å². The fourth-order valence-electron chi connectivity index (χ4n) is 1.57. The first-order chi connectivity index (χ1) is 7.55. The number of ether oxygens (including phenoxy) is 3. The van der Waals surface area contributed by atoms with Crippen molar-refractivity contribution in [2.45, 2.75) is 25.7 Å². The molecule has 17 heavy (non-hydrogen) atoms. The maximum Gasteiger partial charge on any atom is 1.00 e. The molecule has 1 unspecified atom stereocenters. The summed E-state index contributed by atoms with van der Waals surface area (Å²) in [5, 5.41) is 10.9. The van der Waals surface area contributed by atoms with Crippen LogP contribution < -0.4 is 39.4 Å². The molecule has 1 atom stereocenters. The van der Waals surface area contributed by atoms with E-state index < -0.39 is 5.79 Å². The zero-order valence-corrected chi connectivity index (χ0v) is 12.4. The summed E-state index contributed by atoms with van der Waals surface area (Å²) in [6.45, 7) is 4.72. The van der Waals surface area contributed by atoms with Gasteiger partial charge in [0, 0.05) is 0 Å². The van der Waals surface area contributed by atoms with Gasteiger partial charge in [-0.2, -0.15) is 0 Å². The Hall–Kier alpha value is -0.260. The Morgan fingerprint density at radius 3 is 2.53 bits per heavy atom. The average Bonchev–Trinajstić information content (AvgIpc) is 2.58. The van der Waals surface area contributed by atoms with E-state index in [1.807, 2.05) is 13.8 Å². The van der Waals surface area contributed by atoms with E-state index in [0.29, 0.717) is 19.0 Å². The Bertz CT molecular complexity index is 350. The van der Waals surface area contributed by atoms with Gasteiger partial charge in [0.1, 0.15) is 18.5 Å². The average molecular weight is 246 g/mol. The van der Waals surface area contributed by atoms with Crippen LogP contribution in [0.3, 0.4) is 0 Å². The minimum Gasteiger partial charge on any atom is -0.872 e. The third-order valence-corrected chi connectivity index (χ3v) is 2.33. The maximum atomic E-state index is 10.9. The second-order valence-electron chi connectivity index (χ2n) is 4.23. The minimum atomic E-state index is -0.521. The molecule has 0 aliphatic carbocycles. The molecule has 0 aromatic heterocycles. The van der Waals surface area contributed by atoms with Gasteiger partial charge in [0.15, 0.2) is 5.79 Å². The van der Waals surface area contributed by atoms with Crippen LogP contribution in [0.4, 0.5) is 0 Å². The van der Waals surface area contributed by atoms with Gasteiger partial charge in [0.25, 0.3) is 0 Å². The van der Waals surface area contributed by atoms with Crippen LogP contribution in [0.15, 0.2) is 24.3 Å². The first-order valence-electron chi connectivity index (χ1n) is 5.27. The molecule has 0 radical (unpaired) electrons. The second kappa shape index (κ2) is 6.07. The largest absolute Gasteiger partial charge is 1.00 e. The molecule has 0 spiro atoms. The summed E-state index contributed by atoms with van der Waals surface area (Å²) in [5.41, 5.74) is 0. The van der Waals surface area contributed by atoms with Gasteiger partial charge in [-0.05, 0) is 26.0 Å². The smallest absolute Gasteiger partial charge is 0.872 e. The molecule has 1 aliphatic heterocycles. The number of rotatable bonds is 3. The molecule has 1 saturated heterocycles. The van der Waals surface area contributed by atoms with Crippen LogP contribution in [-0.2, 0) is 9.47 Å². The molecule has 0 bridgehead atoms. The standard InChI is InChI=1S/C12H16O4.Na/c1-12(2)15-8-11(16-12)7-14-10-5-3-9(13)4-6-10;/h3-6,11,13H,7-8H2,1-2H3;/q;+1/p-1. The van der Waals surface area contributed by atoms with Crippen molar-refractivity contribution in [2.75, 3.05) is 13.2 Å². The molecule has 0 amide bonds. The third kappa shape index (κ3) is 4.48. The van der Waals surface area contributed by atoms with Crippen LogP contribution in [0, 0.1) is 0 Å². The first kappa shape index (κ1) is 14.8. The van der Waals surface area contributed by atoms with Gasteiger partial charge in [0.2, 0.25) is 0 Å². The predicted molar refractivity (Wildman–Crippen MR) is 56.3 cm³/mol. The number of hydrogen-bond acceptors (Lipinski definition) is 4. The van der Waals surface area contributed by atoms with E-state index in [1.165, 1.54) is 12.1 Å². The Morgan fingerprint density at radius 1 is 1.35 bits per heavy atom. The summed E-state index contributed by atoms with van der Waals surface area (Å²) in [6, 6.07) is 6.27. The van der Waals surface area contributed by atoms with Crippen molar-refractivity contribution >= 4 is 0 Å². The minimum absolute atomic E-state index is 0. The third-order valence-electron chi connectivity index (χ3n) is 2.33. The monoisotopic (exact) mass is 246 g/mol. The van der Waals surface area contributed by atoms with Crippen LogP contribution >= 0.6 is 0 Å². The topological polar surface area (TPSA) is 50.8 Å². The van der Waals surface area contributed by atoms with E-state index in [2.05, 4.69) is 0 Å². The van der Waals surface area contributed by atoms with Crippen LogP contribution in [0.25, 0.3) is 0 Å². The summed E-state index contributed by atoms with van der Waals surface area (Å²) in [5.74, 6) is 0.134. The van der Waals surface area contributed by atoms with E-state index in [0.717, 1.165) is 0 Å². The molecule has 5 heteroatoms. The van der Waals surface area contributed by atoms with Gasteiger partial charge in [-0.15, -0.1) is 5.75 Å². The van der Waals surface area contributed by atoms with E-state index in [9.17, 15) is 5.11 Å². The normalized spacial score (nSPS) is 21.9. The van der Waals surface area contributed by atoms with Crippen molar-refractivity contribution in [3.05, 3.63) is 24.3 Å². The van der Waals surface area contributed by atoms with Gasteiger partial charge in [-0.25, -0.2) is 0 Å². The molecule has 1 heterocycles. The Balaban J connectivity index is 0.00000144. The fourth-order valence-corrected chi connectivity index (χ4v) is 1.57. The van der Waals surface area contributed by atoms with Gasteiger partial charge >= 0.3 is 29.6 Å². The van der Waals surface area contributed by atoms with Crippen LogP contribution in [0.1, 0.15) is 13.8 Å². The van der Waals surface area contributed by atoms with E-state index in [4.69, 9.17) is 14.2 Å². The summed E-state index contributed by atoms with van der Waals surface area (Å²) < 4.78 is 16.5. The Kier molecular flexibility index (Phi) is 5.28. The molecule has 1 aliphatic rings. The molecular formula is C12H15NaO4. The van der Waals surface area contributed by atoms with Gasteiger partial charge in [0.05, 0.1) is 6.61 Å². The van der Waals surface area contributed by atoms with E-state index >= 15 is 0 Å². The van der Waals surface area contributed by atoms with Crippen LogP contribution in [-0.4, -0.2) is 25.1 Å². The van der Waals surface area contributed by atoms with Gasteiger partial charge in [-0.3, -0.25) is 0 Å². The molecule has 0 saturated carbocycles. The zero-order valence-electron chi connectivity index (χ0n) is 10.4. The van der Waals surface area contributed by atoms with Crippen molar-refractivity contribution < 1.29 is 48.9 Å². The molecule has 0 N–H and O–H groups in total. The van der Waals surface area contributed by atoms with Crippen molar-refractivity contribution in [2.24, 2.45) is 0 Å². The fraction of sp³-hybridized carbons (Fsp3) is 0.500. The maximum absolute atomic E-state index is 10.9. The molecule has 88 valence electrons. The van der Waals surface area contributed by atoms with Crippen molar-refractivity contribution in [1.82, 2.24) is 0 Å². The SMILES string of the molecule is CC1(C)OCC(COc2ccc([O-])cc2)O1.[Na+]. The first-order valence-corrected chi connectivity index (χ1v) is 5.27. The molecule has 4 nitrogen and oxygen atoms in total. The van der Waals surface area contributed by atoms with Gasteiger partial charge < -0.3 is 19.3 Å². The van der Waals surface area contributed by atoms with Crippen molar-refractivity contribution in [1.29, 1.82) is 0 Å². The summed E-state index contributed by atoms with van der Waals surface area (Å²) in [6.07, 6.45) is -0.0538. The summed E-state index contributed by atoms with van der Waals surface area (Å²) in [7, 11) is 0. The van der Waals surface area contributed by atoms with Crippen LogP contribution in [0.5, 0.6) is 11.5 Å². The molecule has 1 aromatic rings. The molecule has 2 rings (SSSR count). The predicted octanol–water partition coefficient (Wildman–Crippen LogP) is -1.71. The van der Waals surface area contributed by atoms with E-state index in [-0.39, 0.29) is 41.4 Å². The van der Waals surface area contributed by atoms with Crippen molar-refractivity contribution in [3.8, 4) is 11.5 Å². The number of hydrogen-bond donors (Lipinski definition) is 0. The Labute approximate surface area is 123 Å². The second-order valence-corrected chi connectivity index (χ2v) is 4.23. The summed E-state index contributed by atoms with van der Waals surface area (Å²) >= 11 is 0. The Morgan fingerprint density at radius 2 is 2.00 bits per heavy atom. The quantitative estimate of drug-likeness (QED) is 0.596.